The molecule has 0 aliphatic carbocycles. The molecule has 0 heterocycles. The van der Waals surface area contributed by atoms with Crippen LogP contribution in [0.2, 0.25) is 72.0 Å². The van der Waals surface area contributed by atoms with Crippen LogP contribution in [-0.2, 0) is 0 Å². The lowest BCUT2D eigenvalue weighted by molar-refractivity contribution is 1.32. The molecule has 2 aromatic rings. The first kappa shape index (κ1) is 26.8. The second-order valence-electron chi connectivity index (χ2n) is 13.4. The molecule has 31 heavy (non-hydrogen) atoms. The molecule has 0 saturated carbocycles. The SMILES string of the molecule is Cc1cc(C)c(-c2ccccc2[Si](C)(C)[Si]([Si](C)(C)C)([Si](C)(C)C)[Si](C)(C)C)c(C)c1. The maximum absolute atomic E-state index is 2.81. The molecular formula is C26H48Si5. The van der Waals surface area contributed by atoms with Crippen molar-refractivity contribution < 1.29 is 0 Å². The fourth-order valence-electron chi connectivity index (χ4n) is 9.24. The first-order valence-corrected chi connectivity index (χ1v) is 31.5. The molecule has 0 aromatic heterocycles. The lowest BCUT2D eigenvalue weighted by atomic mass is 9.94. The molecule has 0 unspecified atom stereocenters. The first-order chi connectivity index (χ1) is 13.8. The quantitative estimate of drug-likeness (QED) is 0.353. The molecule has 0 nitrogen and oxygen atoms in total. The van der Waals surface area contributed by atoms with Gasteiger partial charge in [0.05, 0.1) is 7.59 Å². The van der Waals surface area contributed by atoms with Gasteiger partial charge < -0.3 is 0 Å². The average Bonchev–Trinajstić information content (AvgIpc) is 2.49. The number of benzene rings is 2. The van der Waals surface area contributed by atoms with Crippen molar-refractivity contribution in [1.82, 2.24) is 0 Å². The minimum absolute atomic E-state index is 1.36. The van der Waals surface area contributed by atoms with Gasteiger partial charge in [0.15, 0.2) is 0 Å². The summed E-state index contributed by atoms with van der Waals surface area (Å²) in [6.07, 6.45) is -1.52. The fraction of sp³-hybridized carbons (Fsp3) is 0.538. The minimum atomic E-state index is -1.73. The monoisotopic (exact) mass is 500 g/mol. The van der Waals surface area contributed by atoms with Crippen molar-refractivity contribution in [2.75, 3.05) is 0 Å². The van der Waals surface area contributed by atoms with Crippen molar-refractivity contribution in [3.8, 4) is 11.1 Å². The molecule has 0 aliphatic heterocycles. The average molecular weight is 501 g/mol. The molecule has 0 saturated heterocycles. The highest BCUT2D eigenvalue weighted by Gasteiger charge is 2.69. The van der Waals surface area contributed by atoms with Gasteiger partial charge in [0.1, 0.15) is 0 Å². The van der Waals surface area contributed by atoms with Gasteiger partial charge in [-0.25, -0.2) is 0 Å². The maximum Gasteiger partial charge on any atom is 0.0680 e. The third-order valence-corrected chi connectivity index (χ3v) is 123. The van der Waals surface area contributed by atoms with Gasteiger partial charge in [-0.3, -0.25) is 0 Å². The van der Waals surface area contributed by atoms with Crippen LogP contribution in [0.15, 0.2) is 36.4 Å². The second kappa shape index (κ2) is 8.39. The Hall–Kier alpha value is -0.476. The third kappa shape index (κ3) is 4.25. The van der Waals surface area contributed by atoms with Crippen molar-refractivity contribution in [3.05, 3.63) is 53.1 Å². The molecule has 0 bridgehead atoms. The van der Waals surface area contributed by atoms with Crippen LogP contribution in [0.4, 0.5) is 0 Å². The van der Waals surface area contributed by atoms with Crippen LogP contribution in [0.1, 0.15) is 16.7 Å². The van der Waals surface area contributed by atoms with E-state index in [1.54, 1.807) is 10.8 Å². The molecule has 0 amide bonds. The third-order valence-electron chi connectivity index (χ3n) is 7.86. The number of rotatable bonds is 6. The lowest BCUT2D eigenvalue weighted by Crippen LogP contribution is -2.94. The molecule has 0 spiro atoms. The van der Waals surface area contributed by atoms with Crippen LogP contribution in [0, 0.1) is 20.8 Å². The van der Waals surface area contributed by atoms with Crippen LogP contribution >= 0.6 is 0 Å². The number of aryl methyl sites for hydroxylation is 3. The molecule has 0 fully saturated rings. The summed E-state index contributed by atoms with van der Waals surface area (Å²) in [7, 11) is -5.81. The maximum atomic E-state index is 2.81. The van der Waals surface area contributed by atoms with E-state index in [0.717, 1.165) is 0 Å². The van der Waals surface area contributed by atoms with Gasteiger partial charge in [-0.1, -0.05) is 119 Å². The van der Waals surface area contributed by atoms with Gasteiger partial charge >= 0.3 is 0 Å². The summed E-state index contributed by atoms with van der Waals surface area (Å²) in [4.78, 5) is 0. The van der Waals surface area contributed by atoms with E-state index in [-0.39, 0.29) is 0 Å². The summed E-state index contributed by atoms with van der Waals surface area (Å²) in [5.41, 5.74) is 7.32. The minimum Gasteiger partial charge on any atom is -0.0720 e. The van der Waals surface area contributed by atoms with Crippen molar-refractivity contribution >= 4 is 41.7 Å². The zero-order valence-corrected chi connectivity index (χ0v) is 28.0. The normalized spacial score (nSPS) is 14.1. The standard InChI is InChI=1S/C26H48Si5/c1-21-19-22(2)26(23(3)20-21)24-17-15-16-18-25(24)30(13,14)31(27(4,5)6,28(7,8)9)29(10,11)12/h15-20H,1-14H3. The van der Waals surface area contributed by atoms with E-state index in [0.29, 0.717) is 0 Å². The Kier molecular flexibility index (Phi) is 7.24. The Morgan fingerprint density at radius 3 is 1.32 bits per heavy atom. The summed E-state index contributed by atoms with van der Waals surface area (Å²) in [5, 5.41) is 1.77. The molecule has 2 aromatic carbocycles. The molecule has 0 N–H and O–H groups in total. The number of hydrogen-bond acceptors (Lipinski definition) is 0. The van der Waals surface area contributed by atoms with Gasteiger partial charge in [0.2, 0.25) is 0 Å². The number of hydrogen-bond donors (Lipinski definition) is 0. The van der Waals surface area contributed by atoms with Gasteiger partial charge in [0.25, 0.3) is 0 Å². The van der Waals surface area contributed by atoms with E-state index in [2.05, 4.69) is 129 Å². The molecule has 5 heteroatoms. The van der Waals surface area contributed by atoms with E-state index < -0.39 is 36.5 Å². The topological polar surface area (TPSA) is 0 Å². The van der Waals surface area contributed by atoms with Crippen LogP contribution in [0.25, 0.3) is 11.1 Å². The Balaban J connectivity index is 3.03. The summed E-state index contributed by atoms with van der Waals surface area (Å²) >= 11 is 0. The summed E-state index contributed by atoms with van der Waals surface area (Å²) in [6.45, 7) is 37.3. The van der Waals surface area contributed by atoms with Crippen molar-refractivity contribution in [3.63, 3.8) is 0 Å². The van der Waals surface area contributed by atoms with E-state index in [9.17, 15) is 0 Å². The van der Waals surface area contributed by atoms with E-state index >= 15 is 0 Å². The Bertz CT molecular complexity index is 894. The van der Waals surface area contributed by atoms with Crippen LogP contribution in [0.3, 0.4) is 0 Å². The smallest absolute Gasteiger partial charge is 0.0680 e. The largest absolute Gasteiger partial charge is 0.0720 e. The molecule has 0 atom stereocenters. The molecular weight excluding hydrogens is 453 g/mol. The van der Waals surface area contributed by atoms with Gasteiger partial charge in [-0.2, -0.15) is 0 Å². The summed E-state index contributed by atoms with van der Waals surface area (Å²) in [6, 6.07) is 14.4. The van der Waals surface area contributed by atoms with Gasteiger partial charge in [-0.15, -0.1) is 0 Å². The predicted octanol–water partition coefficient (Wildman–Crippen LogP) is 7.97. The molecule has 0 radical (unpaired) electrons. The predicted molar refractivity (Wildman–Crippen MR) is 159 cm³/mol. The van der Waals surface area contributed by atoms with Gasteiger partial charge in [0, 0.05) is 28.9 Å². The van der Waals surface area contributed by atoms with Crippen LogP contribution in [0.5, 0.6) is 0 Å². The fourth-order valence-corrected chi connectivity index (χ4v) is 177. The van der Waals surface area contributed by atoms with Crippen molar-refractivity contribution in [1.29, 1.82) is 0 Å². The zero-order valence-electron chi connectivity index (χ0n) is 23.0. The first-order valence-electron chi connectivity index (χ1n) is 12.0. The van der Waals surface area contributed by atoms with E-state index in [4.69, 9.17) is 0 Å². The highest BCUT2D eigenvalue weighted by Crippen LogP contribution is 2.44. The van der Waals surface area contributed by atoms with Gasteiger partial charge in [-0.05, 0) is 43.0 Å². The van der Waals surface area contributed by atoms with Crippen LogP contribution in [-0.4, -0.2) is 36.5 Å². The second-order valence-corrected chi connectivity index (χ2v) is 67.5. The summed E-state index contributed by atoms with van der Waals surface area (Å²) < 4.78 is 0. The summed E-state index contributed by atoms with van der Waals surface area (Å²) in [5.74, 6) is 0. The zero-order chi connectivity index (χ0) is 24.2. The highest BCUT2D eigenvalue weighted by molar-refractivity contribution is 8.07. The van der Waals surface area contributed by atoms with E-state index in [1.165, 1.54) is 22.3 Å². The Labute approximate surface area is 198 Å². The molecule has 0 aliphatic rings. The van der Waals surface area contributed by atoms with Crippen molar-refractivity contribution in [2.24, 2.45) is 0 Å². The lowest BCUT2D eigenvalue weighted by Gasteiger charge is -2.64. The highest BCUT2D eigenvalue weighted by atomic mass is 30.2. The van der Waals surface area contributed by atoms with Crippen molar-refractivity contribution in [2.45, 2.75) is 92.8 Å². The van der Waals surface area contributed by atoms with E-state index in [1.807, 2.05) is 0 Å². The molecule has 172 valence electrons. The Morgan fingerprint density at radius 1 is 0.548 bits per heavy atom. The Morgan fingerprint density at radius 2 is 0.935 bits per heavy atom. The molecule has 2 rings (SSSR count). The van der Waals surface area contributed by atoms with Crippen LogP contribution < -0.4 is 5.19 Å².